The summed E-state index contributed by atoms with van der Waals surface area (Å²) >= 11 is 0. The molecule has 0 spiro atoms. The summed E-state index contributed by atoms with van der Waals surface area (Å²) in [6.45, 7) is 0.480. The van der Waals surface area contributed by atoms with Gasteiger partial charge in [-0.3, -0.25) is 9.90 Å². The second-order valence-electron chi connectivity index (χ2n) is 4.80. The van der Waals surface area contributed by atoms with Crippen LogP contribution in [0.4, 0.5) is 5.69 Å². The molecule has 0 bridgehead atoms. The summed E-state index contributed by atoms with van der Waals surface area (Å²) in [5.74, 6) is 0. The fraction of sp³-hybridized carbons (Fsp3) is 0.533. The molecule has 4 heteroatoms. The molecule has 0 heterocycles. The predicted octanol–water partition coefficient (Wildman–Crippen LogP) is 3.52. The third-order valence-electron chi connectivity index (χ3n) is 3.45. The number of anilines is 1. The van der Waals surface area contributed by atoms with Gasteiger partial charge in [0.15, 0.2) is 0 Å². The van der Waals surface area contributed by atoms with Gasteiger partial charge >= 0.3 is 0 Å². The van der Waals surface area contributed by atoms with E-state index < -0.39 is 0 Å². The van der Waals surface area contributed by atoms with Gasteiger partial charge < -0.3 is 4.84 Å². The highest BCUT2D eigenvalue weighted by Gasteiger charge is 2.09. The van der Waals surface area contributed by atoms with Crippen molar-refractivity contribution in [2.24, 2.45) is 5.16 Å². The normalized spacial score (nSPS) is 15.2. The van der Waals surface area contributed by atoms with Gasteiger partial charge in [0.05, 0.1) is 18.5 Å². The molecule has 104 valence electrons. The predicted molar refractivity (Wildman–Crippen MR) is 77.2 cm³/mol. The summed E-state index contributed by atoms with van der Waals surface area (Å²) in [5.41, 5.74) is 3.28. The van der Waals surface area contributed by atoms with Crippen LogP contribution in [0.15, 0.2) is 29.4 Å². The van der Waals surface area contributed by atoms with Crippen LogP contribution < -0.4 is 5.06 Å². The van der Waals surface area contributed by atoms with Crippen LogP contribution in [0.5, 0.6) is 0 Å². The quantitative estimate of drug-likeness (QED) is 0.761. The first kappa shape index (κ1) is 13.9. The van der Waals surface area contributed by atoms with E-state index in [2.05, 4.69) is 5.16 Å². The molecule has 1 fully saturated rings. The minimum atomic E-state index is 0.480. The summed E-state index contributed by atoms with van der Waals surface area (Å²) in [6.07, 6.45) is 5.97. The van der Waals surface area contributed by atoms with E-state index in [1.165, 1.54) is 25.0 Å². The Hall–Kier alpha value is -1.55. The highest BCUT2D eigenvalue weighted by Crippen LogP contribution is 2.20. The Morgan fingerprint density at radius 2 is 1.89 bits per heavy atom. The third-order valence-corrected chi connectivity index (χ3v) is 3.45. The van der Waals surface area contributed by atoms with Crippen molar-refractivity contribution in [3.8, 4) is 0 Å². The lowest BCUT2D eigenvalue weighted by molar-refractivity contribution is 0.126. The van der Waals surface area contributed by atoms with Crippen LogP contribution in [0, 0.1) is 0 Å². The van der Waals surface area contributed by atoms with E-state index in [-0.39, 0.29) is 0 Å². The molecule has 1 aliphatic carbocycles. The molecule has 4 nitrogen and oxygen atoms in total. The van der Waals surface area contributed by atoms with Crippen molar-refractivity contribution >= 4 is 11.4 Å². The lowest BCUT2D eigenvalue weighted by Gasteiger charge is -2.19. The van der Waals surface area contributed by atoms with Crippen LogP contribution in [0.1, 0.15) is 37.7 Å². The SMILES string of the molecule is CON(C)c1ccccc1CON=C1CCCCC1. The molecule has 0 amide bonds. The van der Waals surface area contributed by atoms with Crippen molar-refractivity contribution in [2.45, 2.75) is 38.7 Å². The van der Waals surface area contributed by atoms with Gasteiger partial charge in [-0.2, -0.15) is 0 Å². The van der Waals surface area contributed by atoms with Crippen LogP contribution in [-0.2, 0) is 16.3 Å². The van der Waals surface area contributed by atoms with Gasteiger partial charge in [-0.15, -0.1) is 0 Å². The van der Waals surface area contributed by atoms with Crippen molar-refractivity contribution < 1.29 is 9.68 Å². The lowest BCUT2D eigenvalue weighted by atomic mass is 9.99. The minimum Gasteiger partial charge on any atom is -0.391 e. The van der Waals surface area contributed by atoms with Gasteiger partial charge in [-0.1, -0.05) is 29.8 Å². The van der Waals surface area contributed by atoms with E-state index in [1.807, 2.05) is 31.3 Å². The van der Waals surface area contributed by atoms with Crippen LogP contribution in [-0.4, -0.2) is 19.9 Å². The second-order valence-corrected chi connectivity index (χ2v) is 4.80. The maximum atomic E-state index is 5.50. The van der Waals surface area contributed by atoms with E-state index >= 15 is 0 Å². The Morgan fingerprint density at radius 1 is 1.16 bits per heavy atom. The highest BCUT2D eigenvalue weighted by molar-refractivity contribution is 5.84. The van der Waals surface area contributed by atoms with E-state index in [1.54, 1.807) is 12.2 Å². The van der Waals surface area contributed by atoms with Crippen molar-refractivity contribution in [3.63, 3.8) is 0 Å². The molecular formula is C15H22N2O2. The Labute approximate surface area is 115 Å². The maximum Gasteiger partial charge on any atom is 0.144 e. The molecule has 0 radical (unpaired) electrons. The lowest BCUT2D eigenvalue weighted by Crippen LogP contribution is -2.16. The number of nitrogens with zero attached hydrogens (tertiary/aromatic N) is 2. The molecular weight excluding hydrogens is 240 g/mol. The monoisotopic (exact) mass is 262 g/mol. The van der Waals surface area contributed by atoms with Crippen molar-refractivity contribution in [2.75, 3.05) is 19.2 Å². The summed E-state index contributed by atoms with van der Waals surface area (Å²) < 4.78 is 0. The number of benzene rings is 1. The molecule has 0 atom stereocenters. The van der Waals surface area contributed by atoms with Crippen LogP contribution in [0.25, 0.3) is 0 Å². The Kier molecular flexibility index (Phi) is 5.21. The standard InChI is InChI=1S/C15H22N2O2/c1-17(18-2)15-11-7-6-8-13(15)12-19-16-14-9-4-3-5-10-14/h6-8,11H,3-5,9-10,12H2,1-2H3. The average molecular weight is 262 g/mol. The smallest absolute Gasteiger partial charge is 0.144 e. The molecule has 1 saturated carbocycles. The second kappa shape index (κ2) is 7.14. The molecule has 0 unspecified atom stereocenters. The molecule has 19 heavy (non-hydrogen) atoms. The number of oxime groups is 1. The van der Waals surface area contributed by atoms with Gasteiger partial charge in [-0.25, -0.2) is 0 Å². The van der Waals surface area contributed by atoms with Crippen LogP contribution >= 0.6 is 0 Å². The molecule has 1 aromatic rings. The minimum absolute atomic E-state index is 0.480. The van der Waals surface area contributed by atoms with Gasteiger partial charge in [0.25, 0.3) is 0 Å². The number of hydroxylamine groups is 1. The highest BCUT2D eigenvalue weighted by atomic mass is 16.7. The molecule has 0 aliphatic heterocycles. The van der Waals surface area contributed by atoms with Crippen LogP contribution in [0.3, 0.4) is 0 Å². The largest absolute Gasteiger partial charge is 0.391 e. The summed E-state index contributed by atoms with van der Waals surface area (Å²) in [5, 5.41) is 5.99. The maximum absolute atomic E-state index is 5.50. The topological polar surface area (TPSA) is 34.1 Å². The van der Waals surface area contributed by atoms with E-state index in [0.717, 1.165) is 24.1 Å². The molecule has 0 saturated heterocycles. The Morgan fingerprint density at radius 3 is 2.63 bits per heavy atom. The van der Waals surface area contributed by atoms with Crippen molar-refractivity contribution in [3.05, 3.63) is 29.8 Å². The first-order valence-electron chi connectivity index (χ1n) is 6.84. The van der Waals surface area contributed by atoms with Gasteiger partial charge in [0, 0.05) is 12.6 Å². The fourth-order valence-electron chi connectivity index (χ4n) is 2.28. The Bertz CT molecular complexity index is 424. The molecule has 0 aromatic heterocycles. The zero-order chi connectivity index (χ0) is 13.5. The summed E-state index contributed by atoms with van der Waals surface area (Å²) in [7, 11) is 3.53. The third kappa shape index (κ3) is 3.96. The van der Waals surface area contributed by atoms with Crippen LogP contribution in [0.2, 0.25) is 0 Å². The molecule has 2 rings (SSSR count). The molecule has 0 N–H and O–H groups in total. The number of rotatable bonds is 5. The first-order chi connectivity index (χ1) is 9.31. The van der Waals surface area contributed by atoms with Gasteiger partial charge in [0.2, 0.25) is 0 Å². The zero-order valence-electron chi connectivity index (χ0n) is 11.8. The van der Waals surface area contributed by atoms with Gasteiger partial charge in [-0.05, 0) is 31.7 Å². The van der Waals surface area contributed by atoms with Crippen molar-refractivity contribution in [1.82, 2.24) is 0 Å². The van der Waals surface area contributed by atoms with Gasteiger partial charge in [0.1, 0.15) is 6.61 Å². The number of hydrogen-bond acceptors (Lipinski definition) is 4. The Balaban J connectivity index is 1.95. The number of para-hydroxylation sites is 1. The van der Waals surface area contributed by atoms with E-state index in [0.29, 0.717) is 6.61 Å². The summed E-state index contributed by atoms with van der Waals surface area (Å²) in [6, 6.07) is 8.03. The van der Waals surface area contributed by atoms with Crippen molar-refractivity contribution in [1.29, 1.82) is 0 Å². The summed E-state index contributed by atoms with van der Waals surface area (Å²) in [4.78, 5) is 10.7. The fourth-order valence-corrected chi connectivity index (χ4v) is 2.28. The average Bonchev–Trinajstić information content (AvgIpc) is 2.48. The number of hydrogen-bond donors (Lipinski definition) is 0. The molecule has 1 aliphatic rings. The van der Waals surface area contributed by atoms with E-state index in [9.17, 15) is 0 Å². The zero-order valence-corrected chi connectivity index (χ0v) is 11.8. The van der Waals surface area contributed by atoms with E-state index in [4.69, 9.17) is 9.68 Å². The molecule has 1 aromatic carbocycles. The first-order valence-corrected chi connectivity index (χ1v) is 6.84.